The van der Waals surface area contributed by atoms with Gasteiger partial charge in [-0.15, -0.1) is 0 Å². The Hall–Kier alpha value is -1.64. The number of hydrogen-bond acceptors (Lipinski definition) is 2. The Labute approximate surface area is 157 Å². The molecule has 2 aromatic carbocycles. The predicted octanol–water partition coefficient (Wildman–Crippen LogP) is 4.73. The van der Waals surface area contributed by atoms with E-state index in [-0.39, 0.29) is 0 Å². The SMILES string of the molecule is CCOCC1Cc2cccc(CCOCC3CCc4ccccc43)c2C1. The molecular weight excluding hydrogens is 320 g/mol. The average Bonchev–Trinajstić information content (AvgIpc) is 3.28. The highest BCUT2D eigenvalue weighted by Gasteiger charge is 2.24. The smallest absolute Gasteiger partial charge is 0.0535 e. The number of benzene rings is 2. The van der Waals surface area contributed by atoms with Crippen LogP contribution in [0.15, 0.2) is 42.5 Å². The van der Waals surface area contributed by atoms with Gasteiger partial charge >= 0.3 is 0 Å². The molecule has 0 heterocycles. The summed E-state index contributed by atoms with van der Waals surface area (Å²) in [5, 5.41) is 0. The summed E-state index contributed by atoms with van der Waals surface area (Å²) in [4.78, 5) is 0. The molecule has 0 saturated carbocycles. The summed E-state index contributed by atoms with van der Waals surface area (Å²) < 4.78 is 11.8. The summed E-state index contributed by atoms with van der Waals surface area (Å²) in [6.07, 6.45) is 5.81. The lowest BCUT2D eigenvalue weighted by molar-refractivity contribution is 0.113. The van der Waals surface area contributed by atoms with Gasteiger partial charge in [-0.1, -0.05) is 42.5 Å². The molecular formula is C24H30O2. The largest absolute Gasteiger partial charge is 0.381 e. The first kappa shape index (κ1) is 17.8. The second kappa shape index (κ2) is 8.37. The van der Waals surface area contributed by atoms with Crippen LogP contribution in [0, 0.1) is 5.92 Å². The fraction of sp³-hybridized carbons (Fsp3) is 0.500. The van der Waals surface area contributed by atoms with E-state index in [1.165, 1.54) is 47.9 Å². The molecule has 0 radical (unpaired) electrons. The number of fused-ring (bicyclic) bond motifs is 2. The molecule has 0 saturated heterocycles. The van der Waals surface area contributed by atoms with E-state index in [9.17, 15) is 0 Å². The maximum atomic E-state index is 6.11. The molecule has 2 atom stereocenters. The predicted molar refractivity (Wildman–Crippen MR) is 106 cm³/mol. The topological polar surface area (TPSA) is 18.5 Å². The van der Waals surface area contributed by atoms with Gasteiger partial charge in [0.15, 0.2) is 0 Å². The third kappa shape index (κ3) is 3.87. The molecule has 0 bridgehead atoms. The molecule has 26 heavy (non-hydrogen) atoms. The van der Waals surface area contributed by atoms with Gasteiger partial charge in [-0.2, -0.15) is 0 Å². The van der Waals surface area contributed by atoms with Crippen LogP contribution in [0.5, 0.6) is 0 Å². The quantitative estimate of drug-likeness (QED) is 0.641. The molecule has 0 spiro atoms. The van der Waals surface area contributed by atoms with Gasteiger partial charge < -0.3 is 9.47 Å². The van der Waals surface area contributed by atoms with Gasteiger partial charge in [0.1, 0.15) is 0 Å². The highest BCUT2D eigenvalue weighted by molar-refractivity contribution is 5.39. The standard InChI is InChI=1S/C24H30O2/c1-2-25-16-18-14-21-8-5-7-20(24(21)15-18)12-13-26-17-22-11-10-19-6-3-4-9-23(19)22/h3-9,18,22H,2,10-17H2,1H3. The average molecular weight is 351 g/mol. The summed E-state index contributed by atoms with van der Waals surface area (Å²) in [6, 6.07) is 15.6. The summed E-state index contributed by atoms with van der Waals surface area (Å²) in [7, 11) is 0. The zero-order valence-corrected chi connectivity index (χ0v) is 15.9. The molecule has 0 fully saturated rings. The third-order valence-electron chi connectivity index (χ3n) is 6.02. The van der Waals surface area contributed by atoms with Gasteiger partial charge in [0.05, 0.1) is 13.2 Å². The first-order chi connectivity index (χ1) is 12.8. The van der Waals surface area contributed by atoms with Crippen molar-refractivity contribution < 1.29 is 9.47 Å². The zero-order valence-electron chi connectivity index (χ0n) is 15.9. The molecule has 2 heteroatoms. The second-order valence-corrected chi connectivity index (χ2v) is 7.75. The van der Waals surface area contributed by atoms with Crippen LogP contribution in [0.2, 0.25) is 0 Å². The Morgan fingerprint density at radius 2 is 1.81 bits per heavy atom. The maximum absolute atomic E-state index is 6.11. The number of aryl methyl sites for hydroxylation is 1. The Balaban J connectivity index is 1.28. The van der Waals surface area contributed by atoms with Gasteiger partial charge in [0, 0.05) is 19.1 Å². The van der Waals surface area contributed by atoms with Gasteiger partial charge in [-0.25, -0.2) is 0 Å². The Bertz CT molecular complexity index is 737. The van der Waals surface area contributed by atoms with Gasteiger partial charge in [0.2, 0.25) is 0 Å². The van der Waals surface area contributed by atoms with E-state index in [2.05, 4.69) is 49.4 Å². The summed E-state index contributed by atoms with van der Waals surface area (Å²) in [5.41, 5.74) is 7.59. The van der Waals surface area contributed by atoms with Crippen LogP contribution >= 0.6 is 0 Å². The van der Waals surface area contributed by atoms with E-state index in [0.29, 0.717) is 11.8 Å². The van der Waals surface area contributed by atoms with Crippen LogP contribution in [-0.2, 0) is 35.2 Å². The van der Waals surface area contributed by atoms with E-state index < -0.39 is 0 Å². The fourth-order valence-corrected chi connectivity index (χ4v) is 4.68. The van der Waals surface area contributed by atoms with Crippen molar-refractivity contribution in [1.29, 1.82) is 0 Å². The van der Waals surface area contributed by atoms with Crippen molar-refractivity contribution in [3.05, 3.63) is 70.3 Å². The van der Waals surface area contributed by atoms with Gasteiger partial charge in [0.25, 0.3) is 0 Å². The molecule has 2 aliphatic rings. The van der Waals surface area contributed by atoms with Crippen LogP contribution in [-0.4, -0.2) is 26.4 Å². The normalized spacial score (nSPS) is 21.0. The number of rotatable bonds is 8. The molecule has 0 aromatic heterocycles. The van der Waals surface area contributed by atoms with E-state index in [1.54, 1.807) is 5.56 Å². The van der Waals surface area contributed by atoms with Crippen molar-refractivity contribution in [2.24, 2.45) is 5.92 Å². The lowest BCUT2D eigenvalue weighted by Gasteiger charge is -2.13. The molecule has 2 nitrogen and oxygen atoms in total. The molecule has 2 aliphatic carbocycles. The molecule has 0 aliphatic heterocycles. The Kier molecular flexibility index (Phi) is 5.72. The lowest BCUT2D eigenvalue weighted by Crippen LogP contribution is -2.10. The third-order valence-corrected chi connectivity index (χ3v) is 6.02. The summed E-state index contributed by atoms with van der Waals surface area (Å²) in [6.45, 7) is 5.47. The summed E-state index contributed by atoms with van der Waals surface area (Å²) in [5.74, 6) is 1.24. The summed E-state index contributed by atoms with van der Waals surface area (Å²) >= 11 is 0. The van der Waals surface area contributed by atoms with Crippen molar-refractivity contribution in [2.75, 3.05) is 26.4 Å². The maximum Gasteiger partial charge on any atom is 0.0535 e. The molecule has 0 N–H and O–H groups in total. The monoisotopic (exact) mass is 350 g/mol. The number of ether oxygens (including phenoxy) is 2. The van der Waals surface area contributed by atoms with Gasteiger partial charge in [-0.05, 0) is 72.8 Å². The van der Waals surface area contributed by atoms with Crippen molar-refractivity contribution in [3.63, 3.8) is 0 Å². The second-order valence-electron chi connectivity index (χ2n) is 7.75. The van der Waals surface area contributed by atoms with Crippen LogP contribution in [0.1, 0.15) is 47.1 Å². The minimum absolute atomic E-state index is 0.586. The number of hydrogen-bond donors (Lipinski definition) is 0. The van der Waals surface area contributed by atoms with E-state index in [0.717, 1.165) is 32.8 Å². The van der Waals surface area contributed by atoms with Crippen molar-refractivity contribution >= 4 is 0 Å². The highest BCUT2D eigenvalue weighted by atomic mass is 16.5. The lowest BCUT2D eigenvalue weighted by atomic mass is 10.0. The fourth-order valence-electron chi connectivity index (χ4n) is 4.68. The highest BCUT2D eigenvalue weighted by Crippen LogP contribution is 2.33. The van der Waals surface area contributed by atoms with Crippen molar-refractivity contribution in [3.8, 4) is 0 Å². The van der Waals surface area contributed by atoms with E-state index in [4.69, 9.17) is 9.47 Å². The van der Waals surface area contributed by atoms with Crippen molar-refractivity contribution in [1.82, 2.24) is 0 Å². The Morgan fingerprint density at radius 3 is 2.73 bits per heavy atom. The van der Waals surface area contributed by atoms with Crippen LogP contribution in [0.4, 0.5) is 0 Å². The van der Waals surface area contributed by atoms with E-state index in [1.807, 2.05) is 0 Å². The van der Waals surface area contributed by atoms with Crippen molar-refractivity contribution in [2.45, 2.75) is 44.9 Å². The first-order valence-corrected chi connectivity index (χ1v) is 10.2. The minimum atomic E-state index is 0.586. The molecule has 0 amide bonds. The van der Waals surface area contributed by atoms with Crippen LogP contribution in [0.3, 0.4) is 0 Å². The molecule has 138 valence electrons. The Morgan fingerprint density at radius 1 is 0.923 bits per heavy atom. The molecule has 4 rings (SSSR count). The van der Waals surface area contributed by atoms with Crippen LogP contribution < -0.4 is 0 Å². The zero-order chi connectivity index (χ0) is 17.8. The minimum Gasteiger partial charge on any atom is -0.381 e. The molecule has 2 unspecified atom stereocenters. The van der Waals surface area contributed by atoms with Gasteiger partial charge in [-0.3, -0.25) is 0 Å². The molecule has 2 aromatic rings. The van der Waals surface area contributed by atoms with E-state index >= 15 is 0 Å². The first-order valence-electron chi connectivity index (χ1n) is 10.2. The van der Waals surface area contributed by atoms with Crippen LogP contribution in [0.25, 0.3) is 0 Å².